The smallest absolute Gasteiger partial charge is 0.306 e. The highest BCUT2D eigenvalue weighted by Crippen LogP contribution is 2.14. The molecule has 0 saturated carbocycles. The molecule has 0 unspecified atom stereocenters. The summed E-state index contributed by atoms with van der Waals surface area (Å²) in [6, 6.07) is 13.7. The summed E-state index contributed by atoms with van der Waals surface area (Å²) in [5, 5.41) is 2.64. The first-order valence-electron chi connectivity index (χ1n) is 7.46. The van der Waals surface area contributed by atoms with E-state index in [0.717, 1.165) is 4.47 Å². The highest BCUT2D eigenvalue weighted by molar-refractivity contribution is 9.10. The van der Waals surface area contributed by atoms with Crippen molar-refractivity contribution >= 4 is 51.9 Å². The second-order valence-corrected chi connectivity index (χ2v) is 6.49. The number of benzene rings is 2. The average Bonchev–Trinajstić information content (AvgIpc) is 2.60. The lowest BCUT2D eigenvalue weighted by Gasteiger charge is -2.14. The van der Waals surface area contributed by atoms with Gasteiger partial charge in [-0.3, -0.25) is 14.4 Å². The Labute approximate surface area is 159 Å². The van der Waals surface area contributed by atoms with Crippen molar-refractivity contribution in [1.29, 1.82) is 0 Å². The van der Waals surface area contributed by atoms with Crippen LogP contribution in [0, 0.1) is 0 Å². The zero-order valence-electron chi connectivity index (χ0n) is 13.2. The molecule has 0 radical (unpaired) electrons. The number of amides is 1. The second-order valence-electron chi connectivity index (χ2n) is 5.14. The minimum Gasteiger partial charge on any atom is -0.778 e. The van der Waals surface area contributed by atoms with E-state index in [0.29, 0.717) is 16.1 Å². The summed E-state index contributed by atoms with van der Waals surface area (Å²) in [6.45, 7) is -0.350. The van der Waals surface area contributed by atoms with Gasteiger partial charge in [-0.05, 0) is 18.2 Å². The predicted octanol–water partition coefficient (Wildman–Crippen LogP) is 3.50. The number of hydrogen-bond donors (Lipinski definition) is 1. The molecule has 0 aromatic heterocycles. The number of hydrogen-bond acceptors (Lipinski definition) is 5. The summed E-state index contributed by atoms with van der Waals surface area (Å²) >= 11 is 8.36. The highest BCUT2D eigenvalue weighted by atomic mass is 79.9. The molecule has 0 aliphatic rings. The fourth-order valence-corrected chi connectivity index (χ4v) is 2.40. The van der Waals surface area contributed by atoms with Crippen LogP contribution in [0.4, 0.5) is 5.69 Å². The van der Waals surface area contributed by atoms with Crippen LogP contribution in [0.3, 0.4) is 0 Å². The standard InChI is InChI=1S/C18H16BrNO4S/c19-13-7-5-12(6-8-13)15(21)11-24-18(23)10-9-17(22)20-14-3-1-2-4-16(14)25/h1-8,25H,9-11H2,(H,20,22)/p-1. The van der Waals surface area contributed by atoms with Crippen LogP contribution in [0.5, 0.6) is 0 Å². The molecule has 0 spiro atoms. The average molecular weight is 421 g/mol. The Hall–Kier alpha value is -2.25. The molecule has 7 heteroatoms. The van der Waals surface area contributed by atoms with E-state index in [4.69, 9.17) is 17.4 Å². The number of carbonyl (C=O) groups excluding carboxylic acids is 3. The van der Waals surface area contributed by atoms with Crippen LogP contribution in [0.15, 0.2) is 57.9 Å². The minimum absolute atomic E-state index is 0.0467. The van der Waals surface area contributed by atoms with Gasteiger partial charge in [-0.25, -0.2) is 0 Å². The van der Waals surface area contributed by atoms with Crippen LogP contribution in [0.1, 0.15) is 23.2 Å². The maximum Gasteiger partial charge on any atom is 0.306 e. The van der Waals surface area contributed by atoms with Crippen molar-refractivity contribution in [2.24, 2.45) is 0 Å². The van der Waals surface area contributed by atoms with Crippen molar-refractivity contribution in [3.63, 3.8) is 0 Å². The van der Waals surface area contributed by atoms with E-state index >= 15 is 0 Å². The number of rotatable bonds is 7. The largest absolute Gasteiger partial charge is 0.778 e. The normalized spacial score (nSPS) is 10.1. The van der Waals surface area contributed by atoms with Crippen molar-refractivity contribution in [3.05, 3.63) is 58.6 Å². The van der Waals surface area contributed by atoms with E-state index in [9.17, 15) is 14.4 Å². The van der Waals surface area contributed by atoms with Gasteiger partial charge in [0, 0.05) is 22.1 Å². The van der Waals surface area contributed by atoms with Gasteiger partial charge < -0.3 is 22.7 Å². The highest BCUT2D eigenvalue weighted by Gasteiger charge is 2.12. The van der Waals surface area contributed by atoms with Gasteiger partial charge in [0.05, 0.1) is 6.42 Å². The first-order valence-corrected chi connectivity index (χ1v) is 8.66. The molecule has 1 amide bonds. The number of Topliss-reactive ketones (excluding diaryl/α,β-unsaturated/α-hetero) is 1. The summed E-state index contributed by atoms with van der Waals surface area (Å²) in [4.78, 5) is 35.9. The predicted molar refractivity (Wildman–Crippen MR) is 99.4 cm³/mol. The van der Waals surface area contributed by atoms with Crippen LogP contribution < -0.4 is 5.32 Å². The molecule has 25 heavy (non-hydrogen) atoms. The van der Waals surface area contributed by atoms with Crippen LogP contribution >= 0.6 is 15.9 Å². The lowest BCUT2D eigenvalue weighted by Crippen LogP contribution is -2.17. The van der Waals surface area contributed by atoms with Gasteiger partial charge in [0.15, 0.2) is 12.4 Å². The monoisotopic (exact) mass is 420 g/mol. The van der Waals surface area contributed by atoms with Crippen molar-refractivity contribution in [2.45, 2.75) is 17.7 Å². The molecule has 2 aromatic carbocycles. The van der Waals surface area contributed by atoms with E-state index in [1.54, 1.807) is 48.5 Å². The lowest BCUT2D eigenvalue weighted by atomic mass is 10.1. The fraction of sp³-hybridized carbons (Fsp3) is 0.167. The second kappa shape index (κ2) is 9.29. The van der Waals surface area contributed by atoms with Gasteiger partial charge in [-0.2, -0.15) is 4.90 Å². The molecule has 1 N–H and O–H groups in total. The number of nitrogens with one attached hydrogen (secondary N) is 1. The van der Waals surface area contributed by atoms with Gasteiger partial charge in [-0.1, -0.05) is 46.3 Å². The van der Waals surface area contributed by atoms with Gasteiger partial charge in [-0.15, -0.1) is 0 Å². The summed E-state index contributed by atoms with van der Waals surface area (Å²) in [5.41, 5.74) is 0.983. The summed E-state index contributed by atoms with van der Waals surface area (Å²) in [6.07, 6.45) is -0.159. The number of halogens is 1. The van der Waals surface area contributed by atoms with Crippen LogP contribution in [-0.2, 0) is 27.0 Å². The molecule has 0 saturated heterocycles. The Balaban J connectivity index is 1.73. The van der Waals surface area contributed by atoms with Crippen molar-refractivity contribution < 1.29 is 19.1 Å². The van der Waals surface area contributed by atoms with Crippen molar-refractivity contribution in [2.75, 3.05) is 11.9 Å². The van der Waals surface area contributed by atoms with E-state index < -0.39 is 5.97 Å². The molecule has 130 valence electrons. The molecule has 2 rings (SSSR count). The Morgan fingerprint density at radius 2 is 1.68 bits per heavy atom. The molecule has 0 fully saturated rings. The molecule has 0 atom stereocenters. The topological polar surface area (TPSA) is 72.5 Å². The van der Waals surface area contributed by atoms with Gasteiger partial charge in [0.1, 0.15) is 0 Å². The zero-order chi connectivity index (χ0) is 18.2. The summed E-state index contributed by atoms with van der Waals surface area (Å²) in [5.74, 6) is -1.24. The summed E-state index contributed by atoms with van der Waals surface area (Å²) < 4.78 is 5.77. The van der Waals surface area contributed by atoms with E-state index in [1.165, 1.54) is 0 Å². The third-order valence-electron chi connectivity index (χ3n) is 3.25. The Bertz CT molecular complexity index is 777. The van der Waals surface area contributed by atoms with Crippen LogP contribution in [0.25, 0.3) is 0 Å². The first kappa shape index (κ1) is 19.1. The molecule has 0 heterocycles. The molecule has 2 aromatic rings. The SMILES string of the molecule is O=C(CCC(=O)OCC(=O)c1ccc(Br)cc1)Nc1ccccc1[S-]. The third kappa shape index (κ3) is 6.28. The summed E-state index contributed by atoms with van der Waals surface area (Å²) in [7, 11) is 0. The molecule has 0 aliphatic heterocycles. The van der Waals surface area contributed by atoms with Gasteiger partial charge in [0.2, 0.25) is 5.91 Å². The first-order chi connectivity index (χ1) is 12.0. The Morgan fingerprint density at radius 1 is 1.00 bits per heavy atom. The van der Waals surface area contributed by atoms with Gasteiger partial charge >= 0.3 is 5.97 Å². The van der Waals surface area contributed by atoms with Crippen LogP contribution in [0.2, 0.25) is 0 Å². The molecule has 0 bridgehead atoms. The quantitative estimate of drug-likeness (QED) is 0.421. The third-order valence-corrected chi connectivity index (χ3v) is 4.13. The lowest BCUT2D eigenvalue weighted by molar-refractivity contribution is -0.143. The number of esters is 1. The van der Waals surface area contributed by atoms with E-state index in [2.05, 4.69) is 21.2 Å². The number of carbonyl (C=O) groups is 3. The van der Waals surface area contributed by atoms with E-state index in [-0.39, 0.29) is 31.1 Å². The van der Waals surface area contributed by atoms with Crippen molar-refractivity contribution in [1.82, 2.24) is 0 Å². The Kier molecular flexibility index (Phi) is 7.09. The number of anilines is 1. The number of ether oxygens (including phenoxy) is 1. The molecular formula is C18H15BrNO4S-. The molecular weight excluding hydrogens is 406 g/mol. The van der Waals surface area contributed by atoms with Gasteiger partial charge in [0.25, 0.3) is 0 Å². The number of para-hydroxylation sites is 1. The fourth-order valence-electron chi connectivity index (χ4n) is 1.94. The minimum atomic E-state index is -0.604. The maximum absolute atomic E-state index is 11.9. The Morgan fingerprint density at radius 3 is 2.36 bits per heavy atom. The van der Waals surface area contributed by atoms with Crippen molar-refractivity contribution in [3.8, 4) is 0 Å². The molecule has 5 nitrogen and oxygen atoms in total. The number of ketones is 1. The zero-order valence-corrected chi connectivity index (χ0v) is 15.6. The molecule has 0 aliphatic carbocycles. The van der Waals surface area contributed by atoms with Crippen LogP contribution in [-0.4, -0.2) is 24.3 Å². The van der Waals surface area contributed by atoms with E-state index in [1.807, 2.05) is 0 Å². The maximum atomic E-state index is 11.9.